The Bertz CT molecular complexity index is 521. The van der Waals surface area contributed by atoms with E-state index in [4.69, 9.17) is 4.74 Å². The lowest BCUT2D eigenvalue weighted by molar-refractivity contribution is -0.148. The highest BCUT2D eigenvalue weighted by atomic mass is 16.5. The molecule has 6 heteroatoms. The summed E-state index contributed by atoms with van der Waals surface area (Å²) in [5.41, 5.74) is 0.207. The van der Waals surface area contributed by atoms with Crippen LogP contribution >= 0.6 is 0 Å². The minimum absolute atomic E-state index is 0.00466. The van der Waals surface area contributed by atoms with Gasteiger partial charge in [0.2, 0.25) is 11.8 Å². The summed E-state index contributed by atoms with van der Waals surface area (Å²) in [6.45, 7) is 0.833. The van der Waals surface area contributed by atoms with Crippen LogP contribution in [0.3, 0.4) is 0 Å². The van der Waals surface area contributed by atoms with Gasteiger partial charge in [-0.25, -0.2) is 0 Å². The smallest absolute Gasteiger partial charge is 0.248 e. The van der Waals surface area contributed by atoms with E-state index in [-0.39, 0.29) is 18.4 Å². The average Bonchev–Trinajstić information content (AvgIpc) is 2.98. The first-order chi connectivity index (χ1) is 10.6. The fourth-order valence-electron chi connectivity index (χ4n) is 3.10. The molecule has 2 heterocycles. The maximum Gasteiger partial charge on any atom is 0.248 e. The Hall–Kier alpha value is -1.95. The summed E-state index contributed by atoms with van der Waals surface area (Å²) >= 11 is 0. The highest BCUT2D eigenvalue weighted by molar-refractivity contribution is 5.92. The number of likely N-dealkylation sites (N-methyl/N-ethyl adjacent to an activating group) is 1. The summed E-state index contributed by atoms with van der Waals surface area (Å²) in [5, 5.41) is 2.67. The van der Waals surface area contributed by atoms with E-state index in [2.05, 4.69) is 10.3 Å². The topological polar surface area (TPSA) is 71.5 Å². The molecule has 1 atom stereocenters. The minimum Gasteiger partial charge on any atom is -0.382 e. The number of methoxy groups -OCH3 is 1. The Labute approximate surface area is 130 Å². The Kier molecular flexibility index (Phi) is 5.49. The fourth-order valence-corrected chi connectivity index (χ4v) is 3.10. The number of hydrogen-bond acceptors (Lipinski definition) is 4. The van der Waals surface area contributed by atoms with Crippen LogP contribution in [0.5, 0.6) is 0 Å². The summed E-state index contributed by atoms with van der Waals surface area (Å²) in [5.74, 6) is -0.154. The third kappa shape index (κ3) is 3.27. The minimum atomic E-state index is -0.862. The monoisotopic (exact) mass is 305 g/mol. The summed E-state index contributed by atoms with van der Waals surface area (Å²) in [6, 6.07) is 3.80. The van der Waals surface area contributed by atoms with Crippen LogP contribution in [0.25, 0.3) is 0 Å². The van der Waals surface area contributed by atoms with Crippen molar-refractivity contribution >= 4 is 11.8 Å². The van der Waals surface area contributed by atoms with Crippen molar-refractivity contribution in [2.24, 2.45) is 0 Å². The van der Waals surface area contributed by atoms with Crippen molar-refractivity contribution in [2.75, 3.05) is 27.3 Å². The van der Waals surface area contributed by atoms with Crippen LogP contribution in [-0.4, -0.2) is 54.5 Å². The van der Waals surface area contributed by atoms with Gasteiger partial charge < -0.3 is 15.0 Å². The second kappa shape index (κ2) is 7.35. The second-order valence-electron chi connectivity index (χ2n) is 5.55. The van der Waals surface area contributed by atoms with Crippen molar-refractivity contribution in [3.63, 3.8) is 0 Å². The van der Waals surface area contributed by atoms with Gasteiger partial charge in [-0.1, -0.05) is 0 Å². The highest BCUT2D eigenvalue weighted by Crippen LogP contribution is 2.31. The highest BCUT2D eigenvalue weighted by Gasteiger charge is 2.49. The van der Waals surface area contributed by atoms with Gasteiger partial charge in [-0.3, -0.25) is 14.6 Å². The number of nitrogens with one attached hydrogen (secondary N) is 1. The Morgan fingerprint density at radius 1 is 1.41 bits per heavy atom. The van der Waals surface area contributed by atoms with Crippen molar-refractivity contribution in [1.29, 1.82) is 0 Å². The largest absolute Gasteiger partial charge is 0.382 e. The van der Waals surface area contributed by atoms with Gasteiger partial charge in [0.1, 0.15) is 5.54 Å². The van der Waals surface area contributed by atoms with Crippen LogP contribution in [0.1, 0.15) is 24.8 Å². The van der Waals surface area contributed by atoms with E-state index < -0.39 is 5.54 Å². The second-order valence-corrected chi connectivity index (χ2v) is 5.55. The average molecular weight is 305 g/mol. The van der Waals surface area contributed by atoms with E-state index in [9.17, 15) is 9.59 Å². The molecule has 0 saturated carbocycles. The van der Waals surface area contributed by atoms with E-state index in [1.54, 1.807) is 31.5 Å². The summed E-state index contributed by atoms with van der Waals surface area (Å²) in [6.07, 6.45) is 5.92. The molecule has 0 aromatic carbocycles. The third-order valence-corrected chi connectivity index (χ3v) is 4.20. The van der Waals surface area contributed by atoms with Gasteiger partial charge >= 0.3 is 0 Å². The molecule has 6 nitrogen and oxygen atoms in total. The van der Waals surface area contributed by atoms with Crippen LogP contribution < -0.4 is 5.32 Å². The zero-order valence-electron chi connectivity index (χ0n) is 13.2. The first-order valence-electron chi connectivity index (χ1n) is 7.54. The SMILES string of the molecule is CNC(=O)C1(COC)CCCN1C(=O)CCc1ccncc1. The summed E-state index contributed by atoms with van der Waals surface area (Å²) in [7, 11) is 3.15. The number of aromatic nitrogens is 1. The predicted molar refractivity (Wildman–Crippen MR) is 82.2 cm³/mol. The number of ether oxygens (including phenoxy) is 1. The maximum atomic E-state index is 12.6. The van der Waals surface area contributed by atoms with Crippen LogP contribution in [0.2, 0.25) is 0 Å². The van der Waals surface area contributed by atoms with Gasteiger partial charge in [-0.15, -0.1) is 0 Å². The predicted octanol–water partition coefficient (Wildman–Crippen LogP) is 0.768. The lowest BCUT2D eigenvalue weighted by atomic mass is 9.95. The van der Waals surface area contributed by atoms with Gasteiger partial charge in [0.05, 0.1) is 6.61 Å². The third-order valence-electron chi connectivity index (χ3n) is 4.20. The Morgan fingerprint density at radius 2 is 2.14 bits per heavy atom. The molecule has 1 unspecified atom stereocenters. The Balaban J connectivity index is 2.07. The lowest BCUT2D eigenvalue weighted by Crippen LogP contribution is -2.59. The van der Waals surface area contributed by atoms with Crippen LogP contribution in [0, 0.1) is 0 Å². The van der Waals surface area contributed by atoms with E-state index in [1.165, 1.54) is 0 Å². The van der Waals surface area contributed by atoms with E-state index in [0.717, 1.165) is 12.0 Å². The number of amides is 2. The molecule has 1 aromatic heterocycles. The number of carbonyl (C=O) groups excluding carboxylic acids is 2. The normalized spacial score (nSPS) is 20.9. The molecule has 1 aliphatic heterocycles. The standard InChI is InChI=1S/C16H23N3O3/c1-17-15(21)16(12-22-2)8-3-11-19(16)14(20)5-4-13-6-9-18-10-7-13/h6-7,9-10H,3-5,8,11-12H2,1-2H3,(H,17,21). The van der Waals surface area contributed by atoms with Crippen molar-refractivity contribution in [1.82, 2.24) is 15.2 Å². The molecule has 0 bridgehead atoms. The molecule has 22 heavy (non-hydrogen) atoms. The summed E-state index contributed by atoms with van der Waals surface area (Å²) in [4.78, 5) is 30.6. The van der Waals surface area contributed by atoms with Crippen LogP contribution in [-0.2, 0) is 20.7 Å². The number of pyridine rings is 1. The quantitative estimate of drug-likeness (QED) is 0.842. The molecule has 1 saturated heterocycles. The Morgan fingerprint density at radius 3 is 2.77 bits per heavy atom. The molecule has 0 spiro atoms. The fraction of sp³-hybridized carbons (Fsp3) is 0.562. The molecule has 1 fully saturated rings. The van der Waals surface area contributed by atoms with Gasteiger partial charge in [-0.2, -0.15) is 0 Å². The van der Waals surface area contributed by atoms with Crippen LogP contribution in [0.15, 0.2) is 24.5 Å². The first-order valence-corrected chi connectivity index (χ1v) is 7.54. The lowest BCUT2D eigenvalue weighted by Gasteiger charge is -2.36. The van der Waals surface area contributed by atoms with Gasteiger partial charge in [0, 0.05) is 39.5 Å². The van der Waals surface area contributed by atoms with E-state index in [1.807, 2.05) is 12.1 Å². The van der Waals surface area contributed by atoms with Crippen molar-refractivity contribution in [2.45, 2.75) is 31.2 Å². The molecular weight excluding hydrogens is 282 g/mol. The molecule has 0 aliphatic carbocycles. The molecule has 1 aromatic rings. The number of likely N-dealkylation sites (tertiary alicyclic amines) is 1. The first kappa shape index (κ1) is 16.4. The van der Waals surface area contributed by atoms with Crippen molar-refractivity contribution in [3.8, 4) is 0 Å². The van der Waals surface area contributed by atoms with Crippen molar-refractivity contribution < 1.29 is 14.3 Å². The van der Waals surface area contributed by atoms with E-state index in [0.29, 0.717) is 25.8 Å². The number of rotatable bonds is 6. The number of hydrogen-bond donors (Lipinski definition) is 1. The van der Waals surface area contributed by atoms with E-state index >= 15 is 0 Å². The maximum absolute atomic E-state index is 12.6. The molecule has 1 N–H and O–H groups in total. The number of aryl methyl sites for hydroxylation is 1. The van der Waals surface area contributed by atoms with Gasteiger partial charge in [-0.05, 0) is 37.0 Å². The molecular formula is C16H23N3O3. The molecule has 2 amide bonds. The zero-order chi connectivity index (χ0) is 16.0. The molecule has 0 radical (unpaired) electrons. The molecule has 1 aliphatic rings. The summed E-state index contributed by atoms with van der Waals surface area (Å²) < 4.78 is 5.23. The number of nitrogens with zero attached hydrogens (tertiary/aromatic N) is 2. The van der Waals surface area contributed by atoms with Crippen LogP contribution in [0.4, 0.5) is 0 Å². The van der Waals surface area contributed by atoms with Gasteiger partial charge in [0.25, 0.3) is 0 Å². The van der Waals surface area contributed by atoms with Gasteiger partial charge in [0.15, 0.2) is 0 Å². The molecule has 120 valence electrons. The zero-order valence-corrected chi connectivity index (χ0v) is 13.2. The number of carbonyl (C=O) groups is 2. The van der Waals surface area contributed by atoms with Crippen molar-refractivity contribution in [3.05, 3.63) is 30.1 Å². The molecule has 2 rings (SSSR count).